The highest BCUT2D eigenvalue weighted by molar-refractivity contribution is 6.17. The molecule has 0 radical (unpaired) electrons. The molecule has 0 saturated carbocycles. The van der Waals surface area contributed by atoms with Crippen molar-refractivity contribution >= 4 is 11.6 Å². The van der Waals surface area contributed by atoms with Crippen molar-refractivity contribution in [1.82, 2.24) is 4.98 Å². The molecule has 2 rings (SSSR count). The number of pyridine rings is 1. The topological polar surface area (TPSA) is 22.1 Å². The van der Waals surface area contributed by atoms with Gasteiger partial charge in [-0.25, -0.2) is 0 Å². The van der Waals surface area contributed by atoms with Crippen LogP contribution in [0.4, 0.5) is 0 Å². The standard InChI is InChI=1S/C15H16ClNO/c1-11-3-6-13(7-4-11)10-18-15-8-5-12(2)17-14(15)9-16/h3-8H,9-10H2,1-2H3. The summed E-state index contributed by atoms with van der Waals surface area (Å²) in [4.78, 5) is 4.36. The van der Waals surface area contributed by atoms with E-state index in [0.717, 1.165) is 22.7 Å². The maximum absolute atomic E-state index is 5.86. The molecule has 18 heavy (non-hydrogen) atoms. The van der Waals surface area contributed by atoms with Crippen LogP contribution in [-0.2, 0) is 12.5 Å². The third-order valence-electron chi connectivity index (χ3n) is 2.71. The van der Waals surface area contributed by atoms with Crippen LogP contribution < -0.4 is 4.74 Å². The summed E-state index contributed by atoms with van der Waals surface area (Å²) in [5, 5.41) is 0. The first kappa shape index (κ1) is 12.9. The average Bonchev–Trinajstić information content (AvgIpc) is 2.39. The Kier molecular flexibility index (Phi) is 4.21. The molecule has 1 aromatic carbocycles. The lowest BCUT2D eigenvalue weighted by Crippen LogP contribution is -2.00. The largest absolute Gasteiger partial charge is 0.487 e. The van der Waals surface area contributed by atoms with Crippen LogP contribution in [0.25, 0.3) is 0 Å². The van der Waals surface area contributed by atoms with Crippen LogP contribution in [0.1, 0.15) is 22.5 Å². The molecule has 0 bridgehead atoms. The molecule has 0 fully saturated rings. The van der Waals surface area contributed by atoms with E-state index in [9.17, 15) is 0 Å². The van der Waals surface area contributed by atoms with E-state index in [4.69, 9.17) is 16.3 Å². The van der Waals surface area contributed by atoms with Crippen molar-refractivity contribution < 1.29 is 4.74 Å². The van der Waals surface area contributed by atoms with Gasteiger partial charge in [0.25, 0.3) is 0 Å². The number of ether oxygens (including phenoxy) is 1. The number of halogens is 1. The van der Waals surface area contributed by atoms with Crippen LogP contribution in [0.5, 0.6) is 5.75 Å². The van der Waals surface area contributed by atoms with E-state index in [1.54, 1.807) is 0 Å². The van der Waals surface area contributed by atoms with Crippen LogP contribution in [0.15, 0.2) is 36.4 Å². The first-order valence-electron chi connectivity index (χ1n) is 5.90. The second-order valence-electron chi connectivity index (χ2n) is 4.31. The number of benzene rings is 1. The monoisotopic (exact) mass is 261 g/mol. The van der Waals surface area contributed by atoms with Crippen molar-refractivity contribution in [3.8, 4) is 5.75 Å². The summed E-state index contributed by atoms with van der Waals surface area (Å²) in [5.74, 6) is 1.13. The Bertz CT molecular complexity index is 523. The number of aryl methyl sites for hydroxylation is 2. The third kappa shape index (κ3) is 3.23. The molecule has 0 aliphatic rings. The van der Waals surface area contributed by atoms with Crippen LogP contribution in [0, 0.1) is 13.8 Å². The summed E-state index contributed by atoms with van der Waals surface area (Å²) in [6.07, 6.45) is 0. The molecule has 1 heterocycles. The van der Waals surface area contributed by atoms with Gasteiger partial charge in [0.1, 0.15) is 12.4 Å². The lowest BCUT2D eigenvalue weighted by atomic mass is 10.2. The zero-order valence-electron chi connectivity index (χ0n) is 10.6. The maximum atomic E-state index is 5.86. The Morgan fingerprint density at radius 1 is 1.06 bits per heavy atom. The van der Waals surface area contributed by atoms with Gasteiger partial charge in [-0.2, -0.15) is 0 Å². The zero-order valence-corrected chi connectivity index (χ0v) is 11.4. The molecule has 0 aliphatic heterocycles. The molecular formula is C15H16ClNO. The quantitative estimate of drug-likeness (QED) is 0.776. The summed E-state index contributed by atoms with van der Waals surface area (Å²) in [6, 6.07) is 12.1. The van der Waals surface area contributed by atoms with Gasteiger partial charge in [0.05, 0.1) is 11.6 Å². The first-order valence-corrected chi connectivity index (χ1v) is 6.43. The van der Waals surface area contributed by atoms with Crippen molar-refractivity contribution in [3.05, 3.63) is 58.9 Å². The Morgan fingerprint density at radius 2 is 1.78 bits per heavy atom. The lowest BCUT2D eigenvalue weighted by molar-refractivity contribution is 0.302. The second-order valence-corrected chi connectivity index (χ2v) is 4.57. The highest BCUT2D eigenvalue weighted by Crippen LogP contribution is 2.20. The molecule has 0 saturated heterocycles. The molecule has 0 unspecified atom stereocenters. The van der Waals surface area contributed by atoms with Gasteiger partial charge in [-0.3, -0.25) is 4.98 Å². The second kappa shape index (κ2) is 5.87. The van der Waals surface area contributed by atoms with Crippen LogP contribution in [-0.4, -0.2) is 4.98 Å². The lowest BCUT2D eigenvalue weighted by Gasteiger charge is -2.10. The minimum absolute atomic E-state index is 0.366. The molecule has 0 N–H and O–H groups in total. The normalized spacial score (nSPS) is 10.4. The van der Waals surface area contributed by atoms with Crippen molar-refractivity contribution in [2.75, 3.05) is 0 Å². The number of rotatable bonds is 4. The highest BCUT2D eigenvalue weighted by atomic mass is 35.5. The molecule has 3 heteroatoms. The summed E-state index contributed by atoms with van der Waals surface area (Å²) in [5.41, 5.74) is 4.14. The van der Waals surface area contributed by atoms with Crippen molar-refractivity contribution in [1.29, 1.82) is 0 Å². The molecular weight excluding hydrogens is 246 g/mol. The van der Waals surface area contributed by atoms with Crippen molar-refractivity contribution in [2.45, 2.75) is 26.3 Å². The number of hydrogen-bond donors (Lipinski definition) is 0. The fourth-order valence-corrected chi connectivity index (χ4v) is 1.86. The third-order valence-corrected chi connectivity index (χ3v) is 2.97. The number of aromatic nitrogens is 1. The number of alkyl halides is 1. The smallest absolute Gasteiger partial charge is 0.142 e. The highest BCUT2D eigenvalue weighted by Gasteiger charge is 2.05. The minimum atomic E-state index is 0.366. The molecule has 2 aromatic rings. The molecule has 0 aliphatic carbocycles. The van der Waals surface area contributed by atoms with Gasteiger partial charge in [-0.15, -0.1) is 11.6 Å². The molecule has 2 nitrogen and oxygen atoms in total. The summed E-state index contributed by atoms with van der Waals surface area (Å²) in [6.45, 7) is 4.55. The summed E-state index contributed by atoms with van der Waals surface area (Å²) < 4.78 is 5.76. The van der Waals surface area contributed by atoms with E-state index in [2.05, 4.69) is 36.2 Å². The molecule has 1 aromatic heterocycles. The summed E-state index contributed by atoms with van der Waals surface area (Å²) >= 11 is 5.86. The van der Waals surface area contributed by atoms with Crippen LogP contribution >= 0.6 is 11.6 Å². The average molecular weight is 262 g/mol. The fraction of sp³-hybridized carbons (Fsp3) is 0.267. The molecule has 0 atom stereocenters. The number of nitrogens with zero attached hydrogens (tertiary/aromatic N) is 1. The predicted octanol–water partition coefficient (Wildman–Crippen LogP) is 4.02. The minimum Gasteiger partial charge on any atom is -0.487 e. The molecule has 94 valence electrons. The van der Waals surface area contributed by atoms with Crippen LogP contribution in [0.2, 0.25) is 0 Å². The number of hydrogen-bond acceptors (Lipinski definition) is 2. The van der Waals surface area contributed by atoms with Gasteiger partial charge in [-0.05, 0) is 31.5 Å². The van der Waals surface area contributed by atoms with Gasteiger partial charge >= 0.3 is 0 Å². The predicted molar refractivity (Wildman–Crippen MR) is 74.0 cm³/mol. The van der Waals surface area contributed by atoms with Crippen molar-refractivity contribution in [2.24, 2.45) is 0 Å². The van der Waals surface area contributed by atoms with Crippen LogP contribution in [0.3, 0.4) is 0 Å². The zero-order chi connectivity index (χ0) is 13.0. The molecule has 0 amide bonds. The van der Waals surface area contributed by atoms with E-state index < -0.39 is 0 Å². The van der Waals surface area contributed by atoms with Gasteiger partial charge in [-0.1, -0.05) is 29.8 Å². The summed E-state index contributed by atoms with van der Waals surface area (Å²) in [7, 11) is 0. The van der Waals surface area contributed by atoms with Crippen molar-refractivity contribution in [3.63, 3.8) is 0 Å². The van der Waals surface area contributed by atoms with E-state index in [0.29, 0.717) is 12.5 Å². The molecule has 0 spiro atoms. The fourth-order valence-electron chi connectivity index (χ4n) is 1.67. The first-order chi connectivity index (χ1) is 8.69. The maximum Gasteiger partial charge on any atom is 0.142 e. The Labute approximate surface area is 113 Å². The Morgan fingerprint density at radius 3 is 2.44 bits per heavy atom. The van der Waals surface area contributed by atoms with E-state index in [1.165, 1.54) is 5.56 Å². The van der Waals surface area contributed by atoms with Gasteiger partial charge in [0.2, 0.25) is 0 Å². The van der Waals surface area contributed by atoms with Gasteiger partial charge in [0, 0.05) is 5.69 Å². The van der Waals surface area contributed by atoms with E-state index >= 15 is 0 Å². The van der Waals surface area contributed by atoms with E-state index in [1.807, 2.05) is 19.1 Å². The Hall–Kier alpha value is -1.54. The van der Waals surface area contributed by atoms with Gasteiger partial charge < -0.3 is 4.74 Å². The Balaban J connectivity index is 2.08. The SMILES string of the molecule is Cc1ccc(COc2ccc(C)nc2CCl)cc1. The van der Waals surface area contributed by atoms with Gasteiger partial charge in [0.15, 0.2) is 0 Å². The van der Waals surface area contributed by atoms with E-state index in [-0.39, 0.29) is 0 Å².